The van der Waals surface area contributed by atoms with Crippen LogP contribution in [0.1, 0.15) is 6.42 Å². The van der Waals surface area contributed by atoms with Crippen molar-refractivity contribution in [1.29, 1.82) is 0 Å². The molecule has 0 aromatic heterocycles. The van der Waals surface area contributed by atoms with Gasteiger partial charge in [0.25, 0.3) is 0 Å². The SMILES string of the molecule is CNC1CC1C1C2C(N)C21. The van der Waals surface area contributed by atoms with Crippen LogP contribution in [0.4, 0.5) is 0 Å². The first kappa shape index (κ1) is 5.56. The second kappa shape index (κ2) is 1.41. The number of nitrogens with one attached hydrogen (secondary N) is 1. The number of fused-ring (bicyclic) bond motifs is 1. The van der Waals surface area contributed by atoms with Crippen LogP contribution in [-0.2, 0) is 0 Å². The molecule has 3 fully saturated rings. The molecule has 0 aromatic carbocycles. The van der Waals surface area contributed by atoms with Crippen molar-refractivity contribution in [1.82, 2.24) is 5.32 Å². The summed E-state index contributed by atoms with van der Waals surface area (Å²) in [4.78, 5) is 0. The number of hydrogen-bond acceptors (Lipinski definition) is 2. The van der Waals surface area contributed by atoms with E-state index in [1.165, 1.54) is 6.42 Å². The maximum atomic E-state index is 5.74. The summed E-state index contributed by atoms with van der Waals surface area (Å²) < 4.78 is 0. The molecule has 10 heavy (non-hydrogen) atoms. The van der Waals surface area contributed by atoms with Crippen LogP contribution in [0, 0.1) is 23.7 Å². The van der Waals surface area contributed by atoms with E-state index in [-0.39, 0.29) is 0 Å². The summed E-state index contributed by atoms with van der Waals surface area (Å²) >= 11 is 0. The highest BCUT2D eigenvalue weighted by molar-refractivity contribution is 5.27. The van der Waals surface area contributed by atoms with Crippen LogP contribution in [0.3, 0.4) is 0 Å². The maximum Gasteiger partial charge on any atom is 0.0108 e. The van der Waals surface area contributed by atoms with E-state index in [9.17, 15) is 0 Å². The Morgan fingerprint density at radius 2 is 2.00 bits per heavy atom. The molecule has 3 saturated carbocycles. The molecule has 4 unspecified atom stereocenters. The lowest BCUT2D eigenvalue weighted by molar-refractivity contribution is 0.476. The summed E-state index contributed by atoms with van der Waals surface area (Å²) in [5.41, 5.74) is 5.74. The zero-order valence-corrected chi connectivity index (χ0v) is 6.25. The average Bonchev–Trinajstić information content (AvgIpc) is 2.77. The van der Waals surface area contributed by atoms with Crippen molar-refractivity contribution in [2.24, 2.45) is 29.4 Å². The third-order valence-electron chi connectivity index (χ3n) is 3.65. The fraction of sp³-hybridized carbons (Fsp3) is 1.00. The van der Waals surface area contributed by atoms with Gasteiger partial charge >= 0.3 is 0 Å². The lowest BCUT2D eigenvalue weighted by Gasteiger charge is -2.05. The van der Waals surface area contributed by atoms with Crippen molar-refractivity contribution < 1.29 is 0 Å². The minimum absolute atomic E-state index is 0.614. The first-order chi connectivity index (χ1) is 4.84. The van der Waals surface area contributed by atoms with Gasteiger partial charge in [0.1, 0.15) is 0 Å². The largest absolute Gasteiger partial charge is 0.327 e. The minimum Gasteiger partial charge on any atom is -0.327 e. The summed E-state index contributed by atoms with van der Waals surface area (Å²) in [5, 5.41) is 3.33. The third-order valence-corrected chi connectivity index (χ3v) is 3.65. The fourth-order valence-electron chi connectivity index (χ4n) is 2.68. The van der Waals surface area contributed by atoms with Gasteiger partial charge in [-0.25, -0.2) is 0 Å². The molecule has 2 heteroatoms. The van der Waals surface area contributed by atoms with Crippen LogP contribution >= 0.6 is 0 Å². The van der Waals surface area contributed by atoms with Crippen LogP contribution in [-0.4, -0.2) is 19.1 Å². The molecule has 3 aliphatic rings. The molecule has 0 radical (unpaired) electrons. The molecule has 56 valence electrons. The first-order valence-corrected chi connectivity index (χ1v) is 4.27. The summed E-state index contributed by atoms with van der Waals surface area (Å²) in [6, 6.07) is 1.47. The molecule has 0 heterocycles. The zero-order valence-electron chi connectivity index (χ0n) is 6.25. The molecular weight excluding hydrogens is 124 g/mol. The summed E-state index contributed by atoms with van der Waals surface area (Å²) in [6.45, 7) is 0. The molecule has 4 atom stereocenters. The van der Waals surface area contributed by atoms with Crippen molar-refractivity contribution in [3.05, 3.63) is 0 Å². The predicted octanol–water partition coefficient (Wildman–Crippen LogP) is -0.203. The van der Waals surface area contributed by atoms with Crippen molar-refractivity contribution >= 4 is 0 Å². The second-order valence-electron chi connectivity index (χ2n) is 4.10. The van der Waals surface area contributed by atoms with Crippen molar-refractivity contribution in [3.8, 4) is 0 Å². The van der Waals surface area contributed by atoms with E-state index in [4.69, 9.17) is 5.73 Å². The van der Waals surface area contributed by atoms with Crippen LogP contribution in [0.5, 0.6) is 0 Å². The Morgan fingerprint density at radius 3 is 2.40 bits per heavy atom. The van der Waals surface area contributed by atoms with Gasteiger partial charge in [0.15, 0.2) is 0 Å². The first-order valence-electron chi connectivity index (χ1n) is 4.27. The van der Waals surface area contributed by atoms with Gasteiger partial charge in [0.05, 0.1) is 0 Å². The Hall–Kier alpha value is -0.0800. The van der Waals surface area contributed by atoms with Gasteiger partial charge < -0.3 is 11.1 Å². The van der Waals surface area contributed by atoms with Crippen molar-refractivity contribution in [2.75, 3.05) is 7.05 Å². The zero-order chi connectivity index (χ0) is 6.88. The second-order valence-corrected chi connectivity index (χ2v) is 4.10. The van der Waals surface area contributed by atoms with E-state index in [1.54, 1.807) is 0 Å². The Bertz CT molecular complexity index is 167. The van der Waals surface area contributed by atoms with Crippen LogP contribution in [0.25, 0.3) is 0 Å². The molecule has 3 aliphatic carbocycles. The number of hydrogen-bond donors (Lipinski definition) is 2. The number of nitrogens with two attached hydrogens (primary N) is 1. The van der Waals surface area contributed by atoms with E-state index < -0.39 is 0 Å². The van der Waals surface area contributed by atoms with Gasteiger partial charge in [-0.05, 0) is 37.1 Å². The molecule has 0 saturated heterocycles. The normalized spacial score (nSPS) is 69.0. The number of rotatable bonds is 2. The average molecular weight is 138 g/mol. The fourth-order valence-corrected chi connectivity index (χ4v) is 2.68. The molecule has 3 rings (SSSR count). The van der Waals surface area contributed by atoms with Gasteiger partial charge in [-0.3, -0.25) is 0 Å². The van der Waals surface area contributed by atoms with Crippen molar-refractivity contribution in [3.63, 3.8) is 0 Å². The van der Waals surface area contributed by atoms with Crippen LogP contribution < -0.4 is 11.1 Å². The topological polar surface area (TPSA) is 38.0 Å². The molecule has 0 spiro atoms. The molecule has 2 nitrogen and oxygen atoms in total. The predicted molar refractivity (Wildman–Crippen MR) is 39.4 cm³/mol. The highest BCUT2D eigenvalue weighted by atomic mass is 15.0. The smallest absolute Gasteiger partial charge is 0.0108 e. The quantitative estimate of drug-likeness (QED) is 0.554. The molecule has 0 bridgehead atoms. The molecule has 0 aliphatic heterocycles. The Morgan fingerprint density at radius 1 is 1.30 bits per heavy atom. The lowest BCUT2D eigenvalue weighted by Crippen LogP contribution is -2.20. The van der Waals surface area contributed by atoms with E-state index >= 15 is 0 Å². The van der Waals surface area contributed by atoms with Gasteiger partial charge in [0.2, 0.25) is 0 Å². The van der Waals surface area contributed by atoms with Gasteiger partial charge in [-0.1, -0.05) is 0 Å². The van der Waals surface area contributed by atoms with E-state index in [2.05, 4.69) is 12.4 Å². The maximum absolute atomic E-state index is 5.74. The highest BCUT2D eigenvalue weighted by Crippen LogP contribution is 2.73. The van der Waals surface area contributed by atoms with Crippen LogP contribution in [0.15, 0.2) is 0 Å². The van der Waals surface area contributed by atoms with Crippen molar-refractivity contribution in [2.45, 2.75) is 18.5 Å². The Kier molecular flexibility index (Phi) is 0.783. The monoisotopic (exact) mass is 138 g/mol. The minimum atomic E-state index is 0.614. The summed E-state index contributed by atoms with van der Waals surface area (Å²) in [6.07, 6.45) is 1.42. The Balaban J connectivity index is 1.56. The summed E-state index contributed by atoms with van der Waals surface area (Å²) in [7, 11) is 2.07. The molecular formula is C8H14N2. The molecule has 3 N–H and O–H groups in total. The lowest BCUT2D eigenvalue weighted by atomic mass is 10.1. The third kappa shape index (κ3) is 0.487. The molecule has 0 amide bonds. The van der Waals surface area contributed by atoms with E-state index in [1.807, 2.05) is 0 Å². The molecule has 0 aromatic rings. The Labute approximate surface area is 61.2 Å². The highest BCUT2D eigenvalue weighted by Gasteiger charge is 2.76. The summed E-state index contributed by atoms with van der Waals surface area (Å²) in [5.74, 6) is 3.99. The van der Waals surface area contributed by atoms with Crippen LogP contribution in [0.2, 0.25) is 0 Å². The van der Waals surface area contributed by atoms with Gasteiger partial charge in [0, 0.05) is 12.1 Å². The van der Waals surface area contributed by atoms with Gasteiger partial charge in [-0.2, -0.15) is 0 Å². The van der Waals surface area contributed by atoms with Gasteiger partial charge in [-0.15, -0.1) is 0 Å². The standard InChI is InChI=1S/C8H14N2/c1-10-4-2-3(4)5-6-7(5)8(6)9/h3-8,10H,2,9H2,1H3. The van der Waals surface area contributed by atoms with E-state index in [0.717, 1.165) is 29.7 Å². The van der Waals surface area contributed by atoms with E-state index in [0.29, 0.717) is 6.04 Å².